The summed E-state index contributed by atoms with van der Waals surface area (Å²) in [6.07, 6.45) is 7.15. The molecule has 0 radical (unpaired) electrons. The molecule has 1 N–H and O–H groups in total. The second-order valence-corrected chi connectivity index (χ2v) is 5.71. The monoisotopic (exact) mass is 313 g/mol. The van der Waals surface area contributed by atoms with E-state index in [4.69, 9.17) is 4.74 Å². The number of allylic oxidation sites excluding steroid dienone is 1. The lowest BCUT2D eigenvalue weighted by atomic mass is 10.1. The summed E-state index contributed by atoms with van der Waals surface area (Å²) in [5.41, 5.74) is 1.73. The van der Waals surface area contributed by atoms with E-state index in [1.807, 2.05) is 17.1 Å². The Labute approximate surface area is 134 Å². The van der Waals surface area contributed by atoms with Gasteiger partial charge in [-0.1, -0.05) is 18.2 Å². The van der Waals surface area contributed by atoms with Gasteiger partial charge in [0.1, 0.15) is 18.1 Å². The van der Waals surface area contributed by atoms with Crippen molar-refractivity contribution in [2.24, 2.45) is 0 Å². The molecule has 1 aromatic carbocycles. The second-order valence-electron chi connectivity index (χ2n) is 5.71. The molecule has 3 rings (SSSR count). The number of hydrogen-bond acceptors (Lipinski definition) is 4. The van der Waals surface area contributed by atoms with Gasteiger partial charge in [0.05, 0.1) is 5.56 Å². The van der Waals surface area contributed by atoms with Gasteiger partial charge in [-0.05, 0) is 37.0 Å². The number of likely N-dealkylation sites (tertiary alicyclic amines) is 1. The second kappa shape index (κ2) is 6.69. The minimum absolute atomic E-state index is 0.0811. The zero-order valence-electron chi connectivity index (χ0n) is 12.8. The molecule has 1 amide bonds. The Morgan fingerprint density at radius 2 is 2.09 bits per heavy atom. The van der Waals surface area contributed by atoms with Gasteiger partial charge in [0.2, 0.25) is 5.91 Å². The highest BCUT2D eigenvalue weighted by atomic mass is 16.5. The van der Waals surface area contributed by atoms with E-state index in [9.17, 15) is 14.7 Å². The number of nitrogens with zero attached hydrogens (tertiary/aromatic N) is 1. The number of benzene rings is 1. The van der Waals surface area contributed by atoms with Crippen molar-refractivity contribution < 1.29 is 19.4 Å². The minimum Gasteiger partial charge on any atom is -0.507 e. The number of phenolic OH excluding ortho intramolecular Hbond substituents is 1. The highest BCUT2D eigenvalue weighted by Gasteiger charge is 2.25. The SMILES string of the molecule is O=Cc1c(O)cccc1OCC1=C(C(=O)N2CCCC2)CC=C1. The zero-order chi connectivity index (χ0) is 16.2. The summed E-state index contributed by atoms with van der Waals surface area (Å²) < 4.78 is 5.66. The third-order valence-electron chi connectivity index (χ3n) is 4.22. The molecule has 0 unspecified atom stereocenters. The molecule has 0 bridgehead atoms. The molecule has 1 aliphatic heterocycles. The van der Waals surface area contributed by atoms with Gasteiger partial charge in [-0.25, -0.2) is 0 Å². The molecular formula is C18H19NO4. The maximum Gasteiger partial charge on any atom is 0.250 e. The lowest BCUT2D eigenvalue weighted by molar-refractivity contribution is -0.126. The average molecular weight is 313 g/mol. The number of carbonyl (C=O) groups excluding carboxylic acids is 2. The van der Waals surface area contributed by atoms with E-state index in [0.29, 0.717) is 18.5 Å². The van der Waals surface area contributed by atoms with Crippen molar-refractivity contribution in [3.63, 3.8) is 0 Å². The van der Waals surface area contributed by atoms with Crippen LogP contribution in [0.2, 0.25) is 0 Å². The van der Waals surface area contributed by atoms with Crippen LogP contribution in [0.5, 0.6) is 11.5 Å². The first-order chi connectivity index (χ1) is 11.2. The number of aldehydes is 1. The number of rotatable bonds is 5. The quantitative estimate of drug-likeness (QED) is 0.848. The topological polar surface area (TPSA) is 66.8 Å². The van der Waals surface area contributed by atoms with Gasteiger partial charge in [0, 0.05) is 18.7 Å². The van der Waals surface area contributed by atoms with E-state index in [1.54, 1.807) is 12.1 Å². The Hall–Kier alpha value is -2.56. The Morgan fingerprint density at radius 1 is 1.30 bits per heavy atom. The molecule has 1 fully saturated rings. The molecule has 0 atom stereocenters. The number of amides is 1. The van der Waals surface area contributed by atoms with Crippen molar-refractivity contribution in [2.45, 2.75) is 19.3 Å². The number of phenols is 1. The zero-order valence-corrected chi connectivity index (χ0v) is 12.8. The van der Waals surface area contributed by atoms with Gasteiger partial charge < -0.3 is 14.7 Å². The van der Waals surface area contributed by atoms with Crippen molar-refractivity contribution in [3.8, 4) is 11.5 Å². The van der Waals surface area contributed by atoms with Gasteiger partial charge in [-0.2, -0.15) is 0 Å². The van der Waals surface area contributed by atoms with Crippen LogP contribution in [0.1, 0.15) is 29.6 Å². The van der Waals surface area contributed by atoms with E-state index in [0.717, 1.165) is 37.1 Å². The third kappa shape index (κ3) is 3.13. The molecule has 0 spiro atoms. The van der Waals surface area contributed by atoms with E-state index in [1.165, 1.54) is 6.07 Å². The van der Waals surface area contributed by atoms with Crippen LogP contribution < -0.4 is 4.74 Å². The average Bonchev–Trinajstić information content (AvgIpc) is 3.23. The van der Waals surface area contributed by atoms with Crippen molar-refractivity contribution in [1.29, 1.82) is 0 Å². The Bertz CT molecular complexity index is 684. The molecule has 5 heteroatoms. The molecule has 120 valence electrons. The number of ether oxygens (including phenoxy) is 1. The Morgan fingerprint density at radius 3 is 2.83 bits per heavy atom. The molecule has 1 aliphatic carbocycles. The molecular weight excluding hydrogens is 294 g/mol. The first kappa shape index (κ1) is 15.3. The van der Waals surface area contributed by atoms with Crippen molar-refractivity contribution >= 4 is 12.2 Å². The van der Waals surface area contributed by atoms with Crippen molar-refractivity contribution in [3.05, 3.63) is 47.1 Å². The summed E-state index contributed by atoms with van der Waals surface area (Å²) in [7, 11) is 0. The molecule has 0 aromatic heterocycles. The highest BCUT2D eigenvalue weighted by Crippen LogP contribution is 2.28. The third-order valence-corrected chi connectivity index (χ3v) is 4.22. The van der Waals surface area contributed by atoms with Crippen LogP contribution in [-0.4, -0.2) is 41.9 Å². The fourth-order valence-electron chi connectivity index (χ4n) is 2.95. The summed E-state index contributed by atoms with van der Waals surface area (Å²) in [6.45, 7) is 1.84. The molecule has 1 aromatic rings. The van der Waals surface area contributed by atoms with E-state index in [2.05, 4.69) is 0 Å². The van der Waals surface area contributed by atoms with Gasteiger partial charge in [0.25, 0.3) is 0 Å². The molecule has 0 saturated carbocycles. The largest absolute Gasteiger partial charge is 0.507 e. The molecule has 5 nitrogen and oxygen atoms in total. The van der Waals surface area contributed by atoms with Crippen LogP contribution in [-0.2, 0) is 4.79 Å². The van der Waals surface area contributed by atoms with Crippen molar-refractivity contribution in [1.82, 2.24) is 4.90 Å². The van der Waals surface area contributed by atoms with Crippen LogP contribution in [0.4, 0.5) is 0 Å². The fourth-order valence-corrected chi connectivity index (χ4v) is 2.95. The first-order valence-corrected chi connectivity index (χ1v) is 7.78. The predicted octanol–water partition coefficient (Wildman–Crippen LogP) is 2.46. The normalized spacial score (nSPS) is 17.0. The highest BCUT2D eigenvalue weighted by molar-refractivity contribution is 5.96. The van der Waals surface area contributed by atoms with E-state index >= 15 is 0 Å². The summed E-state index contributed by atoms with van der Waals surface area (Å²) >= 11 is 0. The first-order valence-electron chi connectivity index (χ1n) is 7.78. The van der Waals surface area contributed by atoms with E-state index in [-0.39, 0.29) is 23.8 Å². The minimum atomic E-state index is -0.109. The smallest absolute Gasteiger partial charge is 0.250 e. The van der Waals surface area contributed by atoms with Gasteiger partial charge in [0.15, 0.2) is 6.29 Å². The van der Waals surface area contributed by atoms with Crippen LogP contribution in [0.3, 0.4) is 0 Å². The summed E-state index contributed by atoms with van der Waals surface area (Å²) in [4.78, 5) is 25.5. The lowest BCUT2D eigenvalue weighted by Gasteiger charge is -2.17. The van der Waals surface area contributed by atoms with Crippen molar-refractivity contribution in [2.75, 3.05) is 19.7 Å². The van der Waals surface area contributed by atoms with Gasteiger partial charge in [-0.15, -0.1) is 0 Å². The van der Waals surface area contributed by atoms with Gasteiger partial charge in [-0.3, -0.25) is 9.59 Å². The summed E-state index contributed by atoms with van der Waals surface area (Å²) in [5, 5.41) is 9.67. The standard InChI is InChI=1S/C18H19NO4/c20-11-15-16(21)7-4-8-17(15)23-12-13-5-3-6-14(13)18(22)19-9-1-2-10-19/h3-5,7-8,11,21H,1-2,6,9-10,12H2. The molecule has 1 heterocycles. The van der Waals surface area contributed by atoms with Crippen LogP contribution in [0.15, 0.2) is 41.5 Å². The van der Waals surface area contributed by atoms with Crippen LogP contribution >= 0.6 is 0 Å². The van der Waals surface area contributed by atoms with Gasteiger partial charge >= 0.3 is 0 Å². The number of hydrogen-bond donors (Lipinski definition) is 1. The Balaban J connectivity index is 1.74. The maximum absolute atomic E-state index is 12.5. The molecule has 2 aliphatic rings. The summed E-state index contributed by atoms with van der Waals surface area (Å²) in [6, 6.07) is 4.69. The maximum atomic E-state index is 12.5. The summed E-state index contributed by atoms with van der Waals surface area (Å²) in [5.74, 6) is 0.292. The number of carbonyl (C=O) groups is 2. The molecule has 23 heavy (non-hydrogen) atoms. The van der Waals surface area contributed by atoms with Crippen LogP contribution in [0, 0.1) is 0 Å². The van der Waals surface area contributed by atoms with E-state index < -0.39 is 0 Å². The lowest BCUT2D eigenvalue weighted by Crippen LogP contribution is -2.29. The fraction of sp³-hybridized carbons (Fsp3) is 0.333. The molecule has 1 saturated heterocycles. The number of aromatic hydroxyl groups is 1. The Kier molecular flexibility index (Phi) is 4.46. The van der Waals surface area contributed by atoms with Crippen LogP contribution in [0.25, 0.3) is 0 Å². The predicted molar refractivity (Wildman–Crippen MR) is 85.6 cm³/mol.